The Kier molecular flexibility index (Phi) is 2.79. The SMILES string of the molecule is C[C@@H]1CC[C@@H]2[C@H](C1)OC1(CCCC1)C[C@@]2(C)O. The molecule has 2 nitrogen and oxygen atoms in total. The average molecular weight is 238 g/mol. The van der Waals surface area contributed by atoms with Crippen LogP contribution in [0.1, 0.15) is 65.2 Å². The van der Waals surface area contributed by atoms with E-state index in [1.54, 1.807) is 0 Å². The van der Waals surface area contributed by atoms with E-state index in [9.17, 15) is 5.11 Å². The molecule has 1 spiro atoms. The number of hydrogen-bond acceptors (Lipinski definition) is 2. The fraction of sp³-hybridized carbons (Fsp3) is 1.00. The first-order valence-electron chi connectivity index (χ1n) is 7.41. The average Bonchev–Trinajstić information content (AvgIpc) is 2.63. The van der Waals surface area contributed by atoms with Gasteiger partial charge in [0, 0.05) is 12.3 Å². The number of aliphatic hydroxyl groups is 1. The highest BCUT2D eigenvalue weighted by atomic mass is 16.5. The molecule has 2 aliphatic carbocycles. The summed E-state index contributed by atoms with van der Waals surface area (Å²) in [5, 5.41) is 10.8. The lowest BCUT2D eigenvalue weighted by Gasteiger charge is -2.53. The molecule has 17 heavy (non-hydrogen) atoms. The minimum absolute atomic E-state index is 0.0295. The van der Waals surface area contributed by atoms with Crippen LogP contribution in [0.15, 0.2) is 0 Å². The second-order valence-corrected chi connectivity index (χ2v) is 7.11. The molecule has 2 saturated carbocycles. The van der Waals surface area contributed by atoms with E-state index in [1.165, 1.54) is 32.1 Å². The van der Waals surface area contributed by atoms with E-state index < -0.39 is 5.60 Å². The lowest BCUT2D eigenvalue weighted by molar-refractivity contribution is -0.237. The third-order valence-electron chi connectivity index (χ3n) is 5.45. The zero-order valence-electron chi connectivity index (χ0n) is 11.2. The number of rotatable bonds is 0. The molecule has 4 atom stereocenters. The molecule has 1 aliphatic heterocycles. The van der Waals surface area contributed by atoms with Crippen molar-refractivity contribution in [2.24, 2.45) is 11.8 Å². The van der Waals surface area contributed by atoms with Gasteiger partial charge in [0.15, 0.2) is 0 Å². The highest BCUT2D eigenvalue weighted by Gasteiger charge is 2.54. The zero-order chi connectivity index (χ0) is 12.1. The number of hydrogen-bond donors (Lipinski definition) is 1. The summed E-state index contributed by atoms with van der Waals surface area (Å²) in [5.74, 6) is 1.15. The maximum Gasteiger partial charge on any atom is 0.0713 e. The molecule has 0 bridgehead atoms. The number of fused-ring (bicyclic) bond motifs is 1. The van der Waals surface area contributed by atoms with Crippen LogP contribution in [0.25, 0.3) is 0 Å². The van der Waals surface area contributed by atoms with E-state index in [1.807, 2.05) is 0 Å². The van der Waals surface area contributed by atoms with Gasteiger partial charge in [-0.3, -0.25) is 0 Å². The summed E-state index contributed by atoms with van der Waals surface area (Å²) >= 11 is 0. The predicted molar refractivity (Wildman–Crippen MR) is 67.8 cm³/mol. The summed E-state index contributed by atoms with van der Waals surface area (Å²) in [7, 11) is 0. The van der Waals surface area contributed by atoms with Crippen molar-refractivity contribution >= 4 is 0 Å². The van der Waals surface area contributed by atoms with Gasteiger partial charge in [0.2, 0.25) is 0 Å². The van der Waals surface area contributed by atoms with Gasteiger partial charge in [-0.1, -0.05) is 26.2 Å². The van der Waals surface area contributed by atoms with Crippen molar-refractivity contribution in [2.75, 3.05) is 0 Å². The van der Waals surface area contributed by atoms with E-state index in [2.05, 4.69) is 13.8 Å². The molecule has 1 heterocycles. The quantitative estimate of drug-likeness (QED) is 0.702. The van der Waals surface area contributed by atoms with Crippen LogP contribution in [0, 0.1) is 11.8 Å². The van der Waals surface area contributed by atoms with Crippen LogP contribution >= 0.6 is 0 Å². The van der Waals surface area contributed by atoms with Crippen LogP contribution in [0.3, 0.4) is 0 Å². The minimum Gasteiger partial charge on any atom is -0.390 e. The van der Waals surface area contributed by atoms with Gasteiger partial charge in [-0.2, -0.15) is 0 Å². The lowest BCUT2D eigenvalue weighted by Crippen LogP contribution is -2.58. The van der Waals surface area contributed by atoms with Crippen LogP contribution in [0.5, 0.6) is 0 Å². The Morgan fingerprint density at radius 1 is 1.18 bits per heavy atom. The fourth-order valence-electron chi connectivity index (χ4n) is 4.63. The minimum atomic E-state index is -0.493. The Morgan fingerprint density at radius 3 is 2.59 bits per heavy atom. The molecule has 98 valence electrons. The normalized spacial score (nSPS) is 49.2. The van der Waals surface area contributed by atoms with Crippen molar-refractivity contribution in [3.05, 3.63) is 0 Å². The number of ether oxygens (including phenoxy) is 1. The van der Waals surface area contributed by atoms with Crippen LogP contribution in [0.4, 0.5) is 0 Å². The third kappa shape index (κ3) is 2.04. The molecule has 0 aromatic carbocycles. The molecule has 0 aromatic heterocycles. The Hall–Kier alpha value is -0.0800. The molecule has 3 aliphatic rings. The molecule has 1 saturated heterocycles. The van der Waals surface area contributed by atoms with Crippen molar-refractivity contribution in [1.82, 2.24) is 0 Å². The highest BCUT2D eigenvalue weighted by molar-refractivity contribution is 5.04. The molecule has 0 unspecified atom stereocenters. The second kappa shape index (κ2) is 3.96. The summed E-state index contributed by atoms with van der Waals surface area (Å²) in [4.78, 5) is 0. The van der Waals surface area contributed by atoms with E-state index in [-0.39, 0.29) is 5.60 Å². The summed E-state index contributed by atoms with van der Waals surface area (Å²) < 4.78 is 6.48. The van der Waals surface area contributed by atoms with Gasteiger partial charge < -0.3 is 9.84 Å². The standard InChI is InChI=1S/C15H26O2/c1-11-5-6-12-13(9-11)17-15(7-3-4-8-15)10-14(12,2)16/h11-13,16H,3-10H2,1-2H3/t11-,12-,13+,14-/m1/s1. The molecular weight excluding hydrogens is 212 g/mol. The van der Waals surface area contributed by atoms with Gasteiger partial charge in [0.05, 0.1) is 17.3 Å². The van der Waals surface area contributed by atoms with Gasteiger partial charge in [-0.15, -0.1) is 0 Å². The second-order valence-electron chi connectivity index (χ2n) is 7.11. The molecule has 0 amide bonds. The molecule has 3 rings (SSSR count). The lowest BCUT2D eigenvalue weighted by atomic mass is 9.66. The molecule has 3 fully saturated rings. The van der Waals surface area contributed by atoms with Crippen molar-refractivity contribution < 1.29 is 9.84 Å². The van der Waals surface area contributed by atoms with Crippen molar-refractivity contribution in [3.8, 4) is 0 Å². The Balaban J connectivity index is 1.83. The molecule has 1 N–H and O–H groups in total. The summed E-state index contributed by atoms with van der Waals surface area (Å²) in [6, 6.07) is 0. The van der Waals surface area contributed by atoms with E-state index in [0.717, 1.165) is 25.2 Å². The van der Waals surface area contributed by atoms with Crippen LogP contribution < -0.4 is 0 Å². The van der Waals surface area contributed by atoms with Crippen LogP contribution in [-0.4, -0.2) is 22.4 Å². The van der Waals surface area contributed by atoms with Gasteiger partial charge in [-0.05, 0) is 38.5 Å². The summed E-state index contributed by atoms with van der Waals surface area (Å²) in [6.07, 6.45) is 9.65. The van der Waals surface area contributed by atoms with Crippen molar-refractivity contribution in [3.63, 3.8) is 0 Å². The molecular formula is C15H26O2. The maximum absolute atomic E-state index is 10.8. The van der Waals surface area contributed by atoms with E-state index in [0.29, 0.717) is 12.0 Å². The Morgan fingerprint density at radius 2 is 1.88 bits per heavy atom. The first kappa shape index (κ1) is 12.0. The summed E-state index contributed by atoms with van der Waals surface area (Å²) in [5.41, 5.74) is -0.463. The molecule has 0 radical (unpaired) electrons. The first-order valence-corrected chi connectivity index (χ1v) is 7.41. The van der Waals surface area contributed by atoms with Gasteiger partial charge in [-0.25, -0.2) is 0 Å². The van der Waals surface area contributed by atoms with Crippen molar-refractivity contribution in [1.29, 1.82) is 0 Å². The topological polar surface area (TPSA) is 29.5 Å². The smallest absolute Gasteiger partial charge is 0.0713 e. The third-order valence-corrected chi connectivity index (χ3v) is 5.45. The monoisotopic (exact) mass is 238 g/mol. The van der Waals surface area contributed by atoms with E-state index >= 15 is 0 Å². The first-order chi connectivity index (χ1) is 8.01. The fourth-order valence-corrected chi connectivity index (χ4v) is 4.63. The van der Waals surface area contributed by atoms with Crippen molar-refractivity contribution in [2.45, 2.75) is 82.5 Å². The molecule has 0 aromatic rings. The van der Waals surface area contributed by atoms with Gasteiger partial charge >= 0.3 is 0 Å². The van der Waals surface area contributed by atoms with E-state index in [4.69, 9.17) is 4.74 Å². The summed E-state index contributed by atoms with van der Waals surface area (Å²) in [6.45, 7) is 4.38. The molecule has 2 heteroatoms. The maximum atomic E-state index is 10.8. The Bertz CT molecular complexity index is 291. The van der Waals surface area contributed by atoms with Crippen LogP contribution in [0.2, 0.25) is 0 Å². The van der Waals surface area contributed by atoms with Crippen LogP contribution in [-0.2, 0) is 4.74 Å². The zero-order valence-corrected chi connectivity index (χ0v) is 11.2. The van der Waals surface area contributed by atoms with Gasteiger partial charge in [0.25, 0.3) is 0 Å². The highest BCUT2D eigenvalue weighted by Crippen LogP contribution is 2.51. The Labute approximate surface area is 105 Å². The van der Waals surface area contributed by atoms with Gasteiger partial charge in [0.1, 0.15) is 0 Å². The largest absolute Gasteiger partial charge is 0.390 e. The predicted octanol–water partition coefficient (Wildman–Crippen LogP) is 3.28.